The van der Waals surface area contributed by atoms with Crippen molar-refractivity contribution in [1.82, 2.24) is 0 Å². The minimum absolute atomic E-state index is 0.0440. The van der Waals surface area contributed by atoms with Crippen molar-refractivity contribution in [2.75, 3.05) is 10.6 Å². The molecule has 0 bridgehead atoms. The zero-order valence-corrected chi connectivity index (χ0v) is 14.5. The molecule has 1 heterocycles. The standard InChI is InChI=1S/C20H19F3N2O2/c21-20(22,23)13-10-15(25-19(26)12-6-2-1-3-7-12)18-17(11-13)27-16-9-5-4-8-14(16)24-18/h4-5,8-12,24H,1-3,6-7H2,(H,25,26). The van der Waals surface area contributed by atoms with Gasteiger partial charge in [-0.2, -0.15) is 13.2 Å². The molecule has 0 aromatic heterocycles. The van der Waals surface area contributed by atoms with E-state index in [4.69, 9.17) is 4.74 Å². The Morgan fingerprint density at radius 3 is 2.56 bits per heavy atom. The summed E-state index contributed by atoms with van der Waals surface area (Å²) in [6.07, 6.45) is 0.00905. The third kappa shape index (κ3) is 3.59. The van der Waals surface area contributed by atoms with Crippen LogP contribution in [0.1, 0.15) is 37.7 Å². The minimum atomic E-state index is -4.54. The molecule has 2 aromatic carbocycles. The summed E-state index contributed by atoms with van der Waals surface area (Å²) >= 11 is 0. The first-order valence-electron chi connectivity index (χ1n) is 9.02. The molecule has 27 heavy (non-hydrogen) atoms. The molecule has 2 aromatic rings. The second-order valence-electron chi connectivity index (χ2n) is 6.94. The Labute approximate surface area is 154 Å². The summed E-state index contributed by atoms with van der Waals surface area (Å²) in [5, 5.41) is 5.79. The van der Waals surface area contributed by atoms with Crippen molar-refractivity contribution in [2.45, 2.75) is 38.3 Å². The number of para-hydroxylation sites is 2. The second-order valence-corrected chi connectivity index (χ2v) is 6.94. The summed E-state index contributed by atoms with van der Waals surface area (Å²) in [6.45, 7) is 0. The molecule has 7 heteroatoms. The Balaban J connectivity index is 1.70. The van der Waals surface area contributed by atoms with E-state index in [0.29, 0.717) is 17.1 Å². The average molecular weight is 376 g/mol. The van der Waals surface area contributed by atoms with Crippen LogP contribution in [0.3, 0.4) is 0 Å². The predicted octanol–water partition coefficient (Wildman–Crippen LogP) is 6.07. The molecule has 4 rings (SSSR count). The smallest absolute Gasteiger partial charge is 0.416 e. The van der Waals surface area contributed by atoms with Gasteiger partial charge in [0.1, 0.15) is 5.69 Å². The van der Waals surface area contributed by atoms with Gasteiger partial charge < -0.3 is 15.4 Å². The molecule has 1 aliphatic heterocycles. The van der Waals surface area contributed by atoms with Crippen molar-refractivity contribution in [1.29, 1.82) is 0 Å². The highest BCUT2D eigenvalue weighted by atomic mass is 19.4. The van der Waals surface area contributed by atoms with Gasteiger partial charge in [-0.15, -0.1) is 0 Å². The molecular formula is C20H19F3N2O2. The molecule has 0 radical (unpaired) electrons. The number of hydrogen-bond donors (Lipinski definition) is 2. The van der Waals surface area contributed by atoms with Crippen LogP contribution in [-0.2, 0) is 11.0 Å². The third-order valence-corrected chi connectivity index (χ3v) is 5.03. The lowest BCUT2D eigenvalue weighted by atomic mass is 9.88. The molecule has 0 saturated heterocycles. The number of hydrogen-bond acceptors (Lipinski definition) is 3. The molecule has 2 N–H and O–H groups in total. The minimum Gasteiger partial charge on any atom is -0.453 e. The van der Waals surface area contributed by atoms with Gasteiger partial charge in [-0.3, -0.25) is 4.79 Å². The number of ether oxygens (including phenoxy) is 1. The van der Waals surface area contributed by atoms with Crippen molar-refractivity contribution in [2.24, 2.45) is 5.92 Å². The monoisotopic (exact) mass is 376 g/mol. The van der Waals surface area contributed by atoms with Crippen LogP contribution in [0.2, 0.25) is 0 Å². The number of rotatable bonds is 2. The van der Waals surface area contributed by atoms with Crippen LogP contribution in [0.5, 0.6) is 11.5 Å². The number of benzene rings is 2. The van der Waals surface area contributed by atoms with Gasteiger partial charge in [0.05, 0.1) is 16.9 Å². The van der Waals surface area contributed by atoms with Crippen molar-refractivity contribution in [3.63, 3.8) is 0 Å². The molecule has 1 saturated carbocycles. The lowest BCUT2D eigenvalue weighted by Crippen LogP contribution is -2.25. The quantitative estimate of drug-likeness (QED) is 0.570. The Hall–Kier alpha value is -2.70. The SMILES string of the molecule is O=C(Nc1cc(C(F)(F)F)cc2c1Nc1ccccc1O2)C1CCCCC1. The molecule has 4 nitrogen and oxygen atoms in total. The van der Waals surface area contributed by atoms with Gasteiger partial charge in [0.25, 0.3) is 0 Å². The average Bonchev–Trinajstić information content (AvgIpc) is 2.66. The van der Waals surface area contributed by atoms with Crippen molar-refractivity contribution in [3.8, 4) is 11.5 Å². The fraction of sp³-hybridized carbons (Fsp3) is 0.350. The largest absolute Gasteiger partial charge is 0.453 e. The number of fused-ring (bicyclic) bond motifs is 2. The molecule has 1 fully saturated rings. The second kappa shape index (κ2) is 6.79. The van der Waals surface area contributed by atoms with Gasteiger partial charge in [0.2, 0.25) is 5.91 Å². The first-order chi connectivity index (χ1) is 12.9. The van der Waals surface area contributed by atoms with Crippen LogP contribution < -0.4 is 15.4 Å². The maximum Gasteiger partial charge on any atom is 0.416 e. The van der Waals surface area contributed by atoms with E-state index in [1.807, 2.05) is 0 Å². The number of nitrogens with one attached hydrogen (secondary N) is 2. The number of carbonyl (C=O) groups is 1. The fourth-order valence-electron chi connectivity index (χ4n) is 3.60. The van der Waals surface area contributed by atoms with E-state index in [1.165, 1.54) is 0 Å². The maximum atomic E-state index is 13.3. The van der Waals surface area contributed by atoms with Crippen LogP contribution in [0.25, 0.3) is 0 Å². The summed E-state index contributed by atoms with van der Waals surface area (Å²) in [6, 6.07) is 8.89. The summed E-state index contributed by atoms with van der Waals surface area (Å²) in [5.74, 6) is 0.0778. The predicted molar refractivity (Wildman–Crippen MR) is 96.4 cm³/mol. The molecule has 0 atom stereocenters. The number of amides is 1. The van der Waals surface area contributed by atoms with Crippen LogP contribution in [0, 0.1) is 5.92 Å². The van der Waals surface area contributed by atoms with Crippen molar-refractivity contribution >= 4 is 23.0 Å². The van der Waals surface area contributed by atoms with Crippen LogP contribution in [0.15, 0.2) is 36.4 Å². The van der Waals surface area contributed by atoms with Crippen LogP contribution in [0.4, 0.5) is 30.2 Å². The van der Waals surface area contributed by atoms with E-state index in [2.05, 4.69) is 10.6 Å². The highest BCUT2D eigenvalue weighted by Gasteiger charge is 2.34. The Kier molecular flexibility index (Phi) is 4.45. The van der Waals surface area contributed by atoms with E-state index in [9.17, 15) is 18.0 Å². The van der Waals surface area contributed by atoms with E-state index in [-0.39, 0.29) is 23.3 Å². The molecule has 0 spiro atoms. The first kappa shape index (κ1) is 17.7. The molecule has 142 valence electrons. The van der Waals surface area contributed by atoms with E-state index < -0.39 is 11.7 Å². The lowest BCUT2D eigenvalue weighted by Gasteiger charge is -2.27. The van der Waals surface area contributed by atoms with Crippen LogP contribution >= 0.6 is 0 Å². The number of halogens is 3. The fourth-order valence-corrected chi connectivity index (χ4v) is 3.60. The Morgan fingerprint density at radius 1 is 1.07 bits per heavy atom. The van der Waals surface area contributed by atoms with Gasteiger partial charge in [0.15, 0.2) is 11.5 Å². The van der Waals surface area contributed by atoms with E-state index >= 15 is 0 Å². The summed E-state index contributed by atoms with van der Waals surface area (Å²) in [7, 11) is 0. The molecular weight excluding hydrogens is 357 g/mol. The lowest BCUT2D eigenvalue weighted by molar-refractivity contribution is -0.137. The normalized spacial score (nSPS) is 16.6. The Morgan fingerprint density at radius 2 is 1.81 bits per heavy atom. The van der Waals surface area contributed by atoms with Crippen LogP contribution in [-0.4, -0.2) is 5.91 Å². The third-order valence-electron chi connectivity index (χ3n) is 5.03. The highest BCUT2D eigenvalue weighted by molar-refractivity contribution is 5.98. The van der Waals surface area contributed by atoms with Gasteiger partial charge >= 0.3 is 6.18 Å². The zero-order valence-electron chi connectivity index (χ0n) is 14.5. The van der Waals surface area contributed by atoms with E-state index in [0.717, 1.165) is 44.2 Å². The van der Waals surface area contributed by atoms with E-state index in [1.54, 1.807) is 24.3 Å². The first-order valence-corrected chi connectivity index (χ1v) is 9.02. The van der Waals surface area contributed by atoms with Gasteiger partial charge in [-0.1, -0.05) is 31.4 Å². The number of carbonyl (C=O) groups excluding carboxylic acids is 1. The summed E-state index contributed by atoms with van der Waals surface area (Å²) in [5.41, 5.74) is 0.204. The van der Waals surface area contributed by atoms with Gasteiger partial charge in [-0.25, -0.2) is 0 Å². The molecule has 2 aliphatic rings. The number of anilines is 3. The maximum absolute atomic E-state index is 13.3. The highest BCUT2D eigenvalue weighted by Crippen LogP contribution is 2.48. The number of alkyl halides is 3. The molecule has 1 aliphatic carbocycles. The molecule has 0 unspecified atom stereocenters. The Bertz CT molecular complexity index is 874. The van der Waals surface area contributed by atoms with Gasteiger partial charge in [0, 0.05) is 5.92 Å². The molecule has 1 amide bonds. The zero-order chi connectivity index (χ0) is 19.0. The summed E-state index contributed by atoms with van der Waals surface area (Å²) < 4.78 is 45.7. The van der Waals surface area contributed by atoms with Gasteiger partial charge in [-0.05, 0) is 37.1 Å². The van der Waals surface area contributed by atoms with Crippen molar-refractivity contribution in [3.05, 3.63) is 42.0 Å². The summed E-state index contributed by atoms with van der Waals surface area (Å²) in [4.78, 5) is 12.6. The topological polar surface area (TPSA) is 50.4 Å². The van der Waals surface area contributed by atoms with Crippen molar-refractivity contribution < 1.29 is 22.7 Å².